The summed E-state index contributed by atoms with van der Waals surface area (Å²) in [6.07, 6.45) is 8.33. The van der Waals surface area contributed by atoms with E-state index in [-0.39, 0.29) is 18.6 Å². The summed E-state index contributed by atoms with van der Waals surface area (Å²) < 4.78 is 44.3. The Morgan fingerprint density at radius 3 is 2.67 bits per heavy atom. The Bertz CT molecular complexity index is 1690. The number of nitrogens with one attached hydrogen (secondary N) is 2. The number of amides is 1. The lowest BCUT2D eigenvalue weighted by Crippen LogP contribution is -2.39. The number of fused-ring (bicyclic) bond motifs is 6. The molecule has 1 saturated carbocycles. The van der Waals surface area contributed by atoms with Crippen LogP contribution in [0, 0.1) is 0 Å². The molecule has 2 atom stereocenters. The van der Waals surface area contributed by atoms with Gasteiger partial charge < -0.3 is 18.9 Å². The molecule has 0 spiro atoms. The average Bonchev–Trinajstić information content (AvgIpc) is 3.71. The van der Waals surface area contributed by atoms with E-state index in [2.05, 4.69) is 38.3 Å². The van der Waals surface area contributed by atoms with Gasteiger partial charge in [0.05, 0.1) is 19.3 Å². The highest BCUT2D eigenvalue weighted by Gasteiger charge is 2.43. The van der Waals surface area contributed by atoms with E-state index in [0.717, 1.165) is 46.4 Å². The Balaban J connectivity index is 1.45. The number of rotatable bonds is 2. The van der Waals surface area contributed by atoms with Gasteiger partial charge in [0.15, 0.2) is 6.23 Å². The molecule has 4 heterocycles. The van der Waals surface area contributed by atoms with Crippen molar-refractivity contribution in [1.29, 1.82) is 0 Å². The van der Waals surface area contributed by atoms with Crippen LogP contribution >= 0.6 is 0 Å². The van der Waals surface area contributed by atoms with E-state index in [4.69, 9.17) is 9.47 Å². The van der Waals surface area contributed by atoms with Crippen LogP contribution in [0.2, 0.25) is 0 Å². The second kappa shape index (κ2) is 10.8. The second-order valence-corrected chi connectivity index (χ2v) is 13.5. The predicted molar refractivity (Wildman–Crippen MR) is 162 cm³/mol. The van der Waals surface area contributed by atoms with E-state index in [1.54, 1.807) is 12.0 Å². The molecule has 4 aliphatic rings. The minimum Gasteiger partial charge on any atom is -0.497 e. The number of nitrogens with zero attached hydrogens (tertiary/aromatic N) is 2. The van der Waals surface area contributed by atoms with Gasteiger partial charge in [0, 0.05) is 42.2 Å². The first-order valence-electron chi connectivity index (χ1n) is 15.1. The van der Waals surface area contributed by atoms with Crippen LogP contribution in [0.15, 0.2) is 42.0 Å². The SMILES string of the molecule is COc1ccc2c(c1)C=C1Cn3c-2c(C2CCCCC2)c2ccc(cc23)C2OC2NS(=O)(=O)NCCCCN(C)C1=O. The summed E-state index contributed by atoms with van der Waals surface area (Å²) in [6.45, 7) is 1.27. The maximum absolute atomic E-state index is 14.0. The number of hydrogen-bond acceptors (Lipinski definition) is 5. The molecule has 0 radical (unpaired) electrons. The van der Waals surface area contributed by atoms with Crippen LogP contribution in [0.25, 0.3) is 28.2 Å². The Labute approximate surface area is 247 Å². The van der Waals surface area contributed by atoms with E-state index in [1.807, 2.05) is 25.3 Å². The van der Waals surface area contributed by atoms with E-state index in [0.29, 0.717) is 31.8 Å². The summed E-state index contributed by atoms with van der Waals surface area (Å²) in [5.41, 5.74) is 7.30. The zero-order valence-electron chi connectivity index (χ0n) is 24.2. The van der Waals surface area contributed by atoms with Gasteiger partial charge in [-0.15, -0.1) is 0 Å². The van der Waals surface area contributed by atoms with Crippen molar-refractivity contribution in [2.24, 2.45) is 0 Å². The van der Waals surface area contributed by atoms with Crippen LogP contribution in [0.5, 0.6) is 5.75 Å². The van der Waals surface area contributed by atoms with Crippen molar-refractivity contribution in [2.45, 2.75) is 69.7 Å². The van der Waals surface area contributed by atoms with Crippen molar-refractivity contribution in [3.8, 4) is 17.0 Å². The van der Waals surface area contributed by atoms with Crippen molar-refractivity contribution in [1.82, 2.24) is 18.9 Å². The molecule has 1 amide bonds. The molecule has 4 bridgehead atoms. The average molecular weight is 591 g/mol. The molecule has 2 unspecified atom stereocenters. The summed E-state index contributed by atoms with van der Waals surface area (Å²) >= 11 is 0. The third kappa shape index (κ3) is 5.04. The van der Waals surface area contributed by atoms with Gasteiger partial charge >= 0.3 is 0 Å². The van der Waals surface area contributed by atoms with Gasteiger partial charge in [0.25, 0.3) is 16.1 Å². The molecule has 10 heteroatoms. The molecule has 3 aliphatic heterocycles. The highest BCUT2D eigenvalue weighted by molar-refractivity contribution is 7.87. The molecule has 2 fully saturated rings. The molecular weight excluding hydrogens is 552 g/mol. The smallest absolute Gasteiger partial charge is 0.279 e. The number of carbonyl (C=O) groups excluding carboxylic acids is 1. The van der Waals surface area contributed by atoms with Crippen LogP contribution in [0.1, 0.15) is 73.7 Å². The van der Waals surface area contributed by atoms with Crippen LogP contribution in [-0.2, 0) is 26.3 Å². The Hall–Kier alpha value is -3.18. The van der Waals surface area contributed by atoms with Gasteiger partial charge in [-0.1, -0.05) is 31.4 Å². The largest absolute Gasteiger partial charge is 0.497 e. The molecule has 1 aromatic heterocycles. The number of hydrogen-bond donors (Lipinski definition) is 2. The van der Waals surface area contributed by atoms with Crippen LogP contribution < -0.4 is 14.2 Å². The number of carbonyl (C=O) groups is 1. The van der Waals surface area contributed by atoms with Crippen molar-refractivity contribution in [3.05, 3.63) is 58.7 Å². The summed E-state index contributed by atoms with van der Waals surface area (Å²) in [7, 11) is -0.208. The quantitative estimate of drug-likeness (QED) is 0.416. The van der Waals surface area contributed by atoms with E-state index in [9.17, 15) is 13.2 Å². The van der Waals surface area contributed by atoms with Gasteiger partial charge in [-0.25, -0.2) is 4.72 Å². The lowest BCUT2D eigenvalue weighted by atomic mass is 9.81. The number of benzene rings is 2. The third-order valence-corrected chi connectivity index (χ3v) is 10.4. The molecule has 9 nitrogen and oxygen atoms in total. The number of ether oxygens (including phenoxy) is 2. The first-order valence-corrected chi connectivity index (χ1v) is 16.5. The summed E-state index contributed by atoms with van der Waals surface area (Å²) in [4.78, 5) is 15.7. The summed E-state index contributed by atoms with van der Waals surface area (Å²) in [5, 5.41) is 1.20. The number of aromatic nitrogens is 1. The fraction of sp³-hybridized carbons (Fsp3) is 0.469. The third-order valence-electron chi connectivity index (χ3n) is 9.24. The molecule has 1 aliphatic carbocycles. The first kappa shape index (κ1) is 27.6. The molecular formula is C32H38N4O5S. The molecule has 222 valence electrons. The van der Waals surface area contributed by atoms with Crippen molar-refractivity contribution in [3.63, 3.8) is 0 Å². The maximum Gasteiger partial charge on any atom is 0.279 e. The molecule has 3 aromatic rings. The second-order valence-electron chi connectivity index (χ2n) is 12.0. The Morgan fingerprint density at radius 1 is 1.02 bits per heavy atom. The van der Waals surface area contributed by atoms with Gasteiger partial charge in [-0.3, -0.25) is 4.79 Å². The zero-order valence-corrected chi connectivity index (χ0v) is 25.0. The highest BCUT2D eigenvalue weighted by atomic mass is 32.2. The van der Waals surface area contributed by atoms with Crippen LogP contribution in [0.4, 0.5) is 0 Å². The minimum absolute atomic E-state index is 0.0222. The zero-order chi connectivity index (χ0) is 29.0. The number of methoxy groups -OCH3 is 1. The fourth-order valence-corrected chi connectivity index (χ4v) is 8.02. The number of epoxide rings is 1. The topological polar surface area (TPSA) is 105 Å². The lowest BCUT2D eigenvalue weighted by Gasteiger charge is -2.24. The van der Waals surface area contributed by atoms with E-state index < -0.39 is 16.4 Å². The van der Waals surface area contributed by atoms with Gasteiger partial charge in [-0.05, 0) is 78.6 Å². The van der Waals surface area contributed by atoms with Crippen LogP contribution in [-0.4, -0.2) is 57.3 Å². The molecule has 1 saturated heterocycles. The molecule has 42 heavy (non-hydrogen) atoms. The van der Waals surface area contributed by atoms with E-state index >= 15 is 0 Å². The van der Waals surface area contributed by atoms with Gasteiger partial charge in [-0.2, -0.15) is 13.1 Å². The molecule has 7 rings (SSSR count). The standard InChI is InChI=1S/C32H38N4O5S/c1-35-15-7-6-14-33-42(38,39)34-31-30(41-31)21-10-12-26-27(18-21)36-19-23(32(35)37)16-22-17-24(40-2)11-13-25(22)29(36)28(26)20-8-4-3-5-9-20/h10-13,16-18,20,30-31,33-34H,3-9,14-15,19H2,1-2H3. The summed E-state index contributed by atoms with van der Waals surface area (Å²) in [5.74, 6) is 1.17. The minimum atomic E-state index is -3.70. The van der Waals surface area contributed by atoms with Crippen LogP contribution in [0.3, 0.4) is 0 Å². The van der Waals surface area contributed by atoms with Gasteiger partial charge in [0.2, 0.25) is 0 Å². The van der Waals surface area contributed by atoms with Crippen molar-refractivity contribution >= 4 is 33.1 Å². The Morgan fingerprint density at radius 2 is 1.86 bits per heavy atom. The number of likely N-dealkylation sites (N-methyl/N-ethyl adjacent to an activating group) is 1. The first-order chi connectivity index (χ1) is 20.3. The fourth-order valence-electron chi connectivity index (χ4n) is 7.04. The van der Waals surface area contributed by atoms with E-state index in [1.165, 1.54) is 35.9 Å². The van der Waals surface area contributed by atoms with Crippen molar-refractivity contribution < 1.29 is 22.7 Å². The predicted octanol–water partition coefficient (Wildman–Crippen LogP) is 4.84. The molecule has 2 aromatic carbocycles. The molecule has 2 N–H and O–H groups in total. The highest BCUT2D eigenvalue weighted by Crippen LogP contribution is 2.48. The lowest BCUT2D eigenvalue weighted by molar-refractivity contribution is -0.126. The maximum atomic E-state index is 14.0. The van der Waals surface area contributed by atoms with Gasteiger partial charge in [0.1, 0.15) is 11.9 Å². The summed E-state index contributed by atoms with van der Waals surface area (Å²) in [6, 6.07) is 12.6. The monoisotopic (exact) mass is 590 g/mol. The van der Waals surface area contributed by atoms with Crippen molar-refractivity contribution in [2.75, 3.05) is 27.2 Å². The normalized spacial score (nSPS) is 24.6. The Kier molecular flexibility index (Phi) is 7.12.